The monoisotopic (exact) mass is 279 g/mol. The molecule has 0 heterocycles. The molecule has 20 heavy (non-hydrogen) atoms. The third-order valence-electron chi connectivity index (χ3n) is 3.38. The lowest BCUT2D eigenvalue weighted by molar-refractivity contribution is -0.137. The Bertz CT molecular complexity index is 630. The molecule has 0 amide bonds. The van der Waals surface area contributed by atoms with Gasteiger partial charge in [0.15, 0.2) is 0 Å². The van der Waals surface area contributed by atoms with Crippen LogP contribution in [0.15, 0.2) is 36.4 Å². The van der Waals surface area contributed by atoms with E-state index in [1.807, 2.05) is 25.1 Å². The summed E-state index contributed by atoms with van der Waals surface area (Å²) in [5.74, 6) is 0. The molecule has 0 aliphatic carbocycles. The molecular formula is C16H16F3N. The smallest absolute Gasteiger partial charge is 0.326 e. The molecule has 0 aliphatic heterocycles. The van der Waals surface area contributed by atoms with Gasteiger partial charge in [0.05, 0.1) is 5.56 Å². The summed E-state index contributed by atoms with van der Waals surface area (Å²) in [4.78, 5) is 0. The average Bonchev–Trinajstić information content (AvgIpc) is 2.38. The van der Waals surface area contributed by atoms with E-state index in [2.05, 4.69) is 0 Å². The first-order valence-corrected chi connectivity index (χ1v) is 6.30. The molecule has 2 rings (SSSR count). The predicted molar refractivity (Wildman–Crippen MR) is 74.2 cm³/mol. The lowest BCUT2D eigenvalue weighted by Gasteiger charge is -2.14. The highest BCUT2D eigenvalue weighted by Gasteiger charge is 2.30. The van der Waals surface area contributed by atoms with Crippen LogP contribution in [0.5, 0.6) is 0 Å². The Kier molecular flexibility index (Phi) is 3.86. The molecule has 0 aromatic heterocycles. The van der Waals surface area contributed by atoms with Crippen molar-refractivity contribution in [2.75, 3.05) is 0 Å². The summed E-state index contributed by atoms with van der Waals surface area (Å²) in [5.41, 5.74) is 9.33. The summed E-state index contributed by atoms with van der Waals surface area (Å²) in [6, 6.07) is 9.64. The van der Waals surface area contributed by atoms with Gasteiger partial charge in [-0.3, -0.25) is 0 Å². The van der Waals surface area contributed by atoms with Crippen LogP contribution in [-0.4, -0.2) is 0 Å². The highest BCUT2D eigenvalue weighted by atomic mass is 19.4. The third kappa shape index (κ3) is 2.85. The maximum atomic E-state index is 12.7. The van der Waals surface area contributed by atoms with E-state index in [9.17, 15) is 13.2 Å². The summed E-state index contributed by atoms with van der Waals surface area (Å²) in [7, 11) is 0. The number of benzene rings is 2. The van der Waals surface area contributed by atoms with Gasteiger partial charge in [0, 0.05) is 6.54 Å². The highest BCUT2D eigenvalue weighted by Crippen LogP contribution is 2.34. The van der Waals surface area contributed by atoms with Crippen LogP contribution < -0.4 is 5.73 Å². The molecule has 0 aliphatic rings. The van der Waals surface area contributed by atoms with Crippen LogP contribution in [-0.2, 0) is 12.7 Å². The number of rotatable bonds is 2. The largest absolute Gasteiger partial charge is 0.416 e. The van der Waals surface area contributed by atoms with Crippen molar-refractivity contribution in [3.8, 4) is 11.1 Å². The van der Waals surface area contributed by atoms with Gasteiger partial charge in [-0.15, -0.1) is 0 Å². The van der Waals surface area contributed by atoms with Crippen molar-refractivity contribution in [1.29, 1.82) is 0 Å². The van der Waals surface area contributed by atoms with Crippen LogP contribution in [0.1, 0.15) is 22.3 Å². The van der Waals surface area contributed by atoms with Crippen LogP contribution >= 0.6 is 0 Å². The van der Waals surface area contributed by atoms with Crippen LogP contribution in [0.4, 0.5) is 13.2 Å². The minimum atomic E-state index is -4.31. The lowest BCUT2D eigenvalue weighted by atomic mass is 9.93. The van der Waals surface area contributed by atoms with Crippen LogP contribution in [0.3, 0.4) is 0 Å². The molecule has 2 aromatic rings. The topological polar surface area (TPSA) is 26.0 Å². The molecule has 0 saturated carbocycles. The Morgan fingerprint density at radius 2 is 1.60 bits per heavy atom. The minimum absolute atomic E-state index is 0.410. The Morgan fingerprint density at radius 3 is 2.15 bits per heavy atom. The van der Waals surface area contributed by atoms with Crippen molar-refractivity contribution in [1.82, 2.24) is 0 Å². The SMILES string of the molecule is Cc1cc(C(F)(F)F)ccc1-c1cc(CN)ccc1C. The maximum absolute atomic E-state index is 12.7. The zero-order chi connectivity index (χ0) is 14.9. The average molecular weight is 279 g/mol. The van der Waals surface area contributed by atoms with Gasteiger partial charge in [-0.1, -0.05) is 18.2 Å². The van der Waals surface area contributed by atoms with Gasteiger partial charge in [-0.25, -0.2) is 0 Å². The van der Waals surface area contributed by atoms with Gasteiger partial charge in [0.25, 0.3) is 0 Å². The molecule has 0 atom stereocenters. The molecular weight excluding hydrogens is 263 g/mol. The van der Waals surface area contributed by atoms with E-state index in [1.165, 1.54) is 12.1 Å². The standard InChI is InChI=1S/C16H16F3N/c1-10-3-4-12(9-20)8-15(10)14-6-5-13(7-11(14)2)16(17,18)19/h3-8H,9,20H2,1-2H3. The zero-order valence-corrected chi connectivity index (χ0v) is 11.4. The summed E-state index contributed by atoms with van der Waals surface area (Å²) in [6.07, 6.45) is -4.31. The first kappa shape index (κ1) is 14.6. The fourth-order valence-electron chi connectivity index (χ4n) is 2.23. The van der Waals surface area contributed by atoms with Crippen molar-refractivity contribution in [3.63, 3.8) is 0 Å². The number of aryl methyl sites for hydroxylation is 2. The number of halogens is 3. The van der Waals surface area contributed by atoms with Gasteiger partial charge in [-0.05, 0) is 59.9 Å². The Labute approximate surface area is 116 Å². The summed E-state index contributed by atoms with van der Waals surface area (Å²) in [5, 5.41) is 0. The van der Waals surface area contributed by atoms with E-state index in [1.54, 1.807) is 6.92 Å². The first-order valence-electron chi connectivity index (χ1n) is 6.30. The van der Waals surface area contributed by atoms with Crippen LogP contribution in [0.2, 0.25) is 0 Å². The second-order valence-electron chi connectivity index (χ2n) is 4.88. The second kappa shape index (κ2) is 5.29. The molecule has 1 nitrogen and oxygen atoms in total. The Morgan fingerprint density at radius 1 is 0.900 bits per heavy atom. The highest BCUT2D eigenvalue weighted by molar-refractivity contribution is 5.71. The van der Waals surface area contributed by atoms with Crippen molar-refractivity contribution in [2.24, 2.45) is 5.73 Å². The number of nitrogens with two attached hydrogens (primary N) is 1. The van der Waals surface area contributed by atoms with E-state index in [-0.39, 0.29) is 0 Å². The molecule has 106 valence electrons. The molecule has 4 heteroatoms. The molecule has 0 fully saturated rings. The fourth-order valence-corrected chi connectivity index (χ4v) is 2.23. The zero-order valence-electron chi connectivity index (χ0n) is 11.4. The molecule has 0 bridgehead atoms. The minimum Gasteiger partial charge on any atom is -0.326 e. The predicted octanol–water partition coefficient (Wildman–Crippen LogP) is 4.45. The van der Waals surface area contributed by atoms with Crippen LogP contribution in [0.25, 0.3) is 11.1 Å². The van der Waals surface area contributed by atoms with Gasteiger partial charge >= 0.3 is 6.18 Å². The van der Waals surface area contributed by atoms with E-state index in [0.717, 1.165) is 28.3 Å². The molecule has 2 aromatic carbocycles. The summed E-state index contributed by atoms with van der Waals surface area (Å²) >= 11 is 0. The van der Waals surface area contributed by atoms with E-state index in [0.29, 0.717) is 12.1 Å². The van der Waals surface area contributed by atoms with Gasteiger partial charge < -0.3 is 5.73 Å². The Balaban J connectivity index is 2.54. The summed E-state index contributed by atoms with van der Waals surface area (Å²) < 4.78 is 38.1. The maximum Gasteiger partial charge on any atom is 0.416 e. The van der Waals surface area contributed by atoms with Gasteiger partial charge in [0.1, 0.15) is 0 Å². The van der Waals surface area contributed by atoms with Gasteiger partial charge in [-0.2, -0.15) is 13.2 Å². The molecule has 2 N–H and O–H groups in total. The molecule has 0 radical (unpaired) electrons. The van der Waals surface area contributed by atoms with Crippen molar-refractivity contribution >= 4 is 0 Å². The van der Waals surface area contributed by atoms with Crippen molar-refractivity contribution in [2.45, 2.75) is 26.6 Å². The quantitative estimate of drug-likeness (QED) is 0.863. The van der Waals surface area contributed by atoms with E-state index >= 15 is 0 Å². The van der Waals surface area contributed by atoms with Crippen molar-refractivity contribution < 1.29 is 13.2 Å². The Hall–Kier alpha value is -1.81. The first-order chi connectivity index (χ1) is 9.32. The van der Waals surface area contributed by atoms with Crippen LogP contribution in [0, 0.1) is 13.8 Å². The number of alkyl halides is 3. The van der Waals surface area contributed by atoms with E-state index < -0.39 is 11.7 Å². The summed E-state index contributed by atoms with van der Waals surface area (Å²) in [6.45, 7) is 4.04. The molecule has 0 saturated heterocycles. The molecule has 0 spiro atoms. The number of hydrogen-bond acceptors (Lipinski definition) is 1. The normalized spacial score (nSPS) is 11.7. The molecule has 0 unspecified atom stereocenters. The van der Waals surface area contributed by atoms with Crippen molar-refractivity contribution in [3.05, 3.63) is 58.7 Å². The van der Waals surface area contributed by atoms with Gasteiger partial charge in [0.2, 0.25) is 0 Å². The van der Waals surface area contributed by atoms with E-state index in [4.69, 9.17) is 5.73 Å². The number of hydrogen-bond donors (Lipinski definition) is 1. The fraction of sp³-hybridized carbons (Fsp3) is 0.250. The lowest BCUT2D eigenvalue weighted by Crippen LogP contribution is -2.05. The second-order valence-corrected chi connectivity index (χ2v) is 4.88. The third-order valence-corrected chi connectivity index (χ3v) is 3.38.